The summed E-state index contributed by atoms with van der Waals surface area (Å²) < 4.78 is 9.64. The number of aliphatic hydroxyl groups is 1. The molecule has 0 aromatic heterocycles. The van der Waals surface area contributed by atoms with Gasteiger partial charge in [0.15, 0.2) is 0 Å². The third-order valence-corrected chi connectivity index (χ3v) is 3.04. The summed E-state index contributed by atoms with van der Waals surface area (Å²) in [5.41, 5.74) is 0.650. The molecule has 1 rings (SSSR count). The summed E-state index contributed by atoms with van der Waals surface area (Å²) >= 11 is 5.97. The first-order chi connectivity index (χ1) is 8.49. The Bertz CT molecular complexity index is 419. The van der Waals surface area contributed by atoms with Crippen LogP contribution < -0.4 is 4.74 Å². The van der Waals surface area contributed by atoms with Gasteiger partial charge in [0.25, 0.3) is 0 Å². The quantitative estimate of drug-likeness (QED) is 0.837. The number of carbonyl (C=O) groups is 1. The van der Waals surface area contributed by atoms with Gasteiger partial charge in [-0.1, -0.05) is 24.6 Å². The van der Waals surface area contributed by atoms with Crippen LogP contribution >= 0.6 is 11.6 Å². The monoisotopic (exact) mass is 272 g/mol. The zero-order valence-electron chi connectivity index (χ0n) is 10.6. The Balaban J connectivity index is 2.75. The fraction of sp³-hybridized carbons (Fsp3) is 0.462. The van der Waals surface area contributed by atoms with Gasteiger partial charge in [-0.3, -0.25) is 4.79 Å². The fourth-order valence-corrected chi connectivity index (χ4v) is 1.92. The van der Waals surface area contributed by atoms with Gasteiger partial charge >= 0.3 is 5.97 Å². The van der Waals surface area contributed by atoms with Gasteiger partial charge in [0.1, 0.15) is 5.75 Å². The number of ether oxygens (including phenoxy) is 2. The predicted octanol–water partition coefficient (Wildman–Crippen LogP) is 2.58. The maximum Gasteiger partial charge on any atom is 0.308 e. The van der Waals surface area contributed by atoms with E-state index in [2.05, 4.69) is 4.74 Å². The van der Waals surface area contributed by atoms with Crippen LogP contribution in [0.1, 0.15) is 25.0 Å². The Morgan fingerprint density at radius 2 is 2.11 bits per heavy atom. The normalized spacial score (nSPS) is 13.8. The van der Waals surface area contributed by atoms with Crippen LogP contribution in [-0.4, -0.2) is 25.3 Å². The van der Waals surface area contributed by atoms with Crippen LogP contribution in [0, 0.1) is 5.92 Å². The van der Waals surface area contributed by atoms with Crippen LogP contribution in [0.4, 0.5) is 0 Å². The van der Waals surface area contributed by atoms with Crippen LogP contribution in [0.15, 0.2) is 18.2 Å². The molecule has 4 nitrogen and oxygen atoms in total. The molecule has 0 bridgehead atoms. The second kappa shape index (κ2) is 6.61. The number of esters is 1. The number of hydrogen-bond acceptors (Lipinski definition) is 4. The number of halogens is 1. The average Bonchev–Trinajstić information content (AvgIpc) is 2.37. The lowest BCUT2D eigenvalue weighted by Crippen LogP contribution is -2.16. The maximum absolute atomic E-state index is 11.3. The molecule has 2 atom stereocenters. The highest BCUT2D eigenvalue weighted by Crippen LogP contribution is 2.30. The minimum atomic E-state index is -0.762. The number of methoxy groups -OCH3 is 2. The van der Waals surface area contributed by atoms with Crippen LogP contribution in [0.3, 0.4) is 0 Å². The highest BCUT2D eigenvalue weighted by Gasteiger charge is 2.19. The fourth-order valence-electron chi connectivity index (χ4n) is 1.66. The second-order valence-corrected chi connectivity index (χ2v) is 4.48. The van der Waals surface area contributed by atoms with E-state index in [0.29, 0.717) is 16.3 Å². The zero-order valence-corrected chi connectivity index (χ0v) is 11.4. The van der Waals surface area contributed by atoms with Gasteiger partial charge in [0.2, 0.25) is 0 Å². The molecule has 0 aliphatic heterocycles. The van der Waals surface area contributed by atoms with Gasteiger partial charge in [-0.25, -0.2) is 0 Å². The van der Waals surface area contributed by atoms with Crippen LogP contribution in [0.5, 0.6) is 5.75 Å². The lowest BCUT2D eigenvalue weighted by atomic mass is 9.98. The maximum atomic E-state index is 11.3. The predicted molar refractivity (Wildman–Crippen MR) is 68.8 cm³/mol. The first-order valence-electron chi connectivity index (χ1n) is 5.59. The molecule has 0 aliphatic rings. The molecule has 1 aromatic carbocycles. The first-order valence-corrected chi connectivity index (χ1v) is 5.96. The molecule has 0 saturated carbocycles. The van der Waals surface area contributed by atoms with Crippen LogP contribution in [0.25, 0.3) is 0 Å². The van der Waals surface area contributed by atoms with Gasteiger partial charge in [-0.15, -0.1) is 0 Å². The largest absolute Gasteiger partial charge is 0.495 e. The van der Waals surface area contributed by atoms with Crippen molar-refractivity contribution in [3.63, 3.8) is 0 Å². The molecule has 1 N–H and O–H groups in total. The van der Waals surface area contributed by atoms with E-state index in [-0.39, 0.29) is 18.3 Å². The Morgan fingerprint density at radius 3 is 2.61 bits per heavy atom. The molecule has 0 radical (unpaired) electrons. The smallest absolute Gasteiger partial charge is 0.308 e. The third-order valence-electron chi connectivity index (χ3n) is 2.74. The van der Waals surface area contributed by atoms with E-state index in [0.717, 1.165) is 0 Å². The van der Waals surface area contributed by atoms with Crippen LogP contribution in [-0.2, 0) is 9.53 Å². The Kier molecular flexibility index (Phi) is 5.44. The van der Waals surface area contributed by atoms with E-state index in [1.54, 1.807) is 25.1 Å². The van der Waals surface area contributed by atoms with E-state index in [1.807, 2.05) is 0 Å². The summed E-state index contributed by atoms with van der Waals surface area (Å²) in [6, 6.07) is 5.04. The molecule has 0 saturated heterocycles. The van der Waals surface area contributed by atoms with Crippen molar-refractivity contribution in [1.82, 2.24) is 0 Å². The minimum Gasteiger partial charge on any atom is -0.495 e. The lowest BCUT2D eigenvalue weighted by molar-refractivity contribution is -0.145. The van der Waals surface area contributed by atoms with E-state index >= 15 is 0 Å². The molecule has 0 fully saturated rings. The Labute approximate surface area is 111 Å². The van der Waals surface area contributed by atoms with Gasteiger partial charge in [0, 0.05) is 0 Å². The van der Waals surface area contributed by atoms with E-state index < -0.39 is 6.10 Å². The van der Waals surface area contributed by atoms with Crippen molar-refractivity contribution in [1.29, 1.82) is 0 Å². The minimum absolute atomic E-state index is 0.287. The van der Waals surface area contributed by atoms with Crippen molar-refractivity contribution in [2.45, 2.75) is 19.4 Å². The van der Waals surface area contributed by atoms with E-state index in [9.17, 15) is 9.90 Å². The first kappa shape index (κ1) is 14.8. The number of carbonyl (C=O) groups excluding carboxylic acids is 1. The summed E-state index contributed by atoms with van der Waals surface area (Å²) in [6.45, 7) is 1.71. The summed E-state index contributed by atoms with van der Waals surface area (Å²) in [6.07, 6.45) is -0.475. The Morgan fingerprint density at radius 1 is 1.44 bits per heavy atom. The standard InChI is InChI=1S/C13H17ClO4/c1-8(13(16)18-3)6-11(15)9-4-5-12(17-2)10(14)7-9/h4-5,7-8,11,15H,6H2,1-3H3. The van der Waals surface area contributed by atoms with Crippen molar-refractivity contribution in [3.05, 3.63) is 28.8 Å². The zero-order chi connectivity index (χ0) is 13.7. The molecular weight excluding hydrogens is 256 g/mol. The molecule has 0 amide bonds. The molecule has 1 aromatic rings. The summed E-state index contributed by atoms with van der Waals surface area (Å²) in [4.78, 5) is 11.3. The molecular formula is C13H17ClO4. The molecule has 100 valence electrons. The van der Waals surface area contributed by atoms with E-state index in [4.69, 9.17) is 16.3 Å². The van der Waals surface area contributed by atoms with E-state index in [1.165, 1.54) is 14.2 Å². The van der Waals surface area contributed by atoms with Crippen molar-refractivity contribution < 1.29 is 19.4 Å². The number of benzene rings is 1. The average molecular weight is 273 g/mol. The summed E-state index contributed by atoms with van der Waals surface area (Å²) in [7, 11) is 2.85. The molecule has 18 heavy (non-hydrogen) atoms. The number of aliphatic hydroxyl groups excluding tert-OH is 1. The molecule has 5 heteroatoms. The topological polar surface area (TPSA) is 55.8 Å². The highest BCUT2D eigenvalue weighted by molar-refractivity contribution is 6.32. The van der Waals surface area contributed by atoms with Crippen molar-refractivity contribution >= 4 is 17.6 Å². The molecule has 0 heterocycles. The van der Waals surface area contributed by atoms with Gasteiger partial charge in [-0.05, 0) is 24.1 Å². The lowest BCUT2D eigenvalue weighted by Gasteiger charge is -2.16. The van der Waals surface area contributed by atoms with Crippen LogP contribution in [0.2, 0.25) is 5.02 Å². The molecule has 0 spiro atoms. The van der Waals surface area contributed by atoms with Gasteiger partial charge in [-0.2, -0.15) is 0 Å². The number of rotatable bonds is 5. The SMILES string of the molecule is COC(=O)C(C)CC(O)c1ccc(OC)c(Cl)c1. The number of hydrogen-bond donors (Lipinski definition) is 1. The van der Waals surface area contributed by atoms with Crippen molar-refractivity contribution in [3.8, 4) is 5.75 Å². The van der Waals surface area contributed by atoms with Crippen molar-refractivity contribution in [2.75, 3.05) is 14.2 Å². The van der Waals surface area contributed by atoms with Gasteiger partial charge < -0.3 is 14.6 Å². The second-order valence-electron chi connectivity index (χ2n) is 4.07. The summed E-state index contributed by atoms with van der Waals surface area (Å²) in [5.74, 6) is -0.159. The Hall–Kier alpha value is -1.26. The van der Waals surface area contributed by atoms with Gasteiger partial charge in [0.05, 0.1) is 31.3 Å². The summed E-state index contributed by atoms with van der Waals surface area (Å²) in [5, 5.41) is 10.4. The molecule has 0 aliphatic carbocycles. The van der Waals surface area contributed by atoms with Crippen molar-refractivity contribution in [2.24, 2.45) is 5.92 Å². The highest BCUT2D eigenvalue weighted by atomic mass is 35.5. The third kappa shape index (κ3) is 3.62. The molecule has 2 unspecified atom stereocenters.